The summed E-state index contributed by atoms with van der Waals surface area (Å²) in [6, 6.07) is 9.67. The first-order chi connectivity index (χ1) is 9.11. The summed E-state index contributed by atoms with van der Waals surface area (Å²) >= 11 is 0. The zero-order valence-corrected chi connectivity index (χ0v) is 10.1. The van der Waals surface area contributed by atoms with E-state index in [1.54, 1.807) is 24.3 Å². The molecule has 0 radical (unpaired) electrons. The van der Waals surface area contributed by atoms with E-state index in [4.69, 9.17) is 16.2 Å². The minimum atomic E-state index is -0.767. The van der Waals surface area contributed by atoms with Gasteiger partial charge in [-0.2, -0.15) is 0 Å². The summed E-state index contributed by atoms with van der Waals surface area (Å²) in [4.78, 5) is 0. The third kappa shape index (κ3) is 3.07. The van der Waals surface area contributed by atoms with Gasteiger partial charge in [-0.3, -0.25) is 0 Å². The molecule has 100 valence electrons. The van der Waals surface area contributed by atoms with Crippen LogP contribution in [0.25, 0.3) is 0 Å². The van der Waals surface area contributed by atoms with Crippen molar-refractivity contribution in [1.82, 2.24) is 0 Å². The SMILES string of the molecule is NCC(N)c1ccccc1Oc1ccc(F)cc1F. The van der Waals surface area contributed by atoms with Crippen molar-refractivity contribution in [3.05, 3.63) is 59.7 Å². The molecular formula is C14H14F2N2O. The quantitative estimate of drug-likeness (QED) is 0.892. The van der Waals surface area contributed by atoms with E-state index in [1.807, 2.05) is 0 Å². The molecule has 0 aromatic heterocycles. The number of halogens is 2. The lowest BCUT2D eigenvalue weighted by Crippen LogP contribution is -2.21. The van der Waals surface area contributed by atoms with Gasteiger partial charge < -0.3 is 16.2 Å². The second kappa shape index (κ2) is 5.77. The van der Waals surface area contributed by atoms with Gasteiger partial charge in [-0.05, 0) is 18.2 Å². The molecule has 5 heteroatoms. The molecule has 2 aromatic carbocycles. The Morgan fingerprint density at radius 3 is 2.47 bits per heavy atom. The van der Waals surface area contributed by atoms with E-state index >= 15 is 0 Å². The maximum absolute atomic E-state index is 13.5. The molecule has 1 unspecified atom stereocenters. The highest BCUT2D eigenvalue weighted by molar-refractivity contribution is 5.40. The molecule has 19 heavy (non-hydrogen) atoms. The molecule has 0 aliphatic carbocycles. The summed E-state index contributed by atoms with van der Waals surface area (Å²) < 4.78 is 31.8. The topological polar surface area (TPSA) is 61.3 Å². The predicted molar refractivity (Wildman–Crippen MR) is 68.9 cm³/mol. The minimum absolute atomic E-state index is 0.0573. The van der Waals surface area contributed by atoms with Gasteiger partial charge in [0.1, 0.15) is 11.6 Å². The van der Waals surface area contributed by atoms with Gasteiger partial charge in [-0.15, -0.1) is 0 Å². The highest BCUT2D eigenvalue weighted by atomic mass is 19.1. The van der Waals surface area contributed by atoms with Gasteiger partial charge in [0.05, 0.1) is 0 Å². The van der Waals surface area contributed by atoms with Gasteiger partial charge in [0.15, 0.2) is 11.6 Å². The maximum atomic E-state index is 13.5. The Balaban J connectivity index is 2.33. The Morgan fingerprint density at radius 2 is 1.79 bits per heavy atom. The summed E-state index contributed by atoms with van der Waals surface area (Å²) in [5.41, 5.74) is 12.0. The molecule has 2 aromatic rings. The Kier molecular flexibility index (Phi) is 4.09. The van der Waals surface area contributed by atoms with Crippen LogP contribution in [-0.2, 0) is 0 Å². The van der Waals surface area contributed by atoms with E-state index in [1.165, 1.54) is 6.07 Å². The van der Waals surface area contributed by atoms with Gasteiger partial charge in [0.25, 0.3) is 0 Å². The third-order valence-corrected chi connectivity index (χ3v) is 2.69. The van der Waals surface area contributed by atoms with Gasteiger partial charge in [-0.1, -0.05) is 18.2 Å². The number of hydrogen-bond donors (Lipinski definition) is 2. The lowest BCUT2D eigenvalue weighted by atomic mass is 10.1. The van der Waals surface area contributed by atoms with Crippen LogP contribution >= 0.6 is 0 Å². The van der Waals surface area contributed by atoms with Crippen molar-refractivity contribution in [3.63, 3.8) is 0 Å². The highest BCUT2D eigenvalue weighted by Crippen LogP contribution is 2.30. The molecule has 0 bridgehead atoms. The fourth-order valence-corrected chi connectivity index (χ4v) is 1.68. The Hall–Kier alpha value is -1.98. The van der Waals surface area contributed by atoms with E-state index in [-0.39, 0.29) is 12.3 Å². The van der Waals surface area contributed by atoms with Crippen molar-refractivity contribution in [2.24, 2.45) is 11.5 Å². The second-order valence-corrected chi connectivity index (χ2v) is 4.06. The van der Waals surface area contributed by atoms with Crippen LogP contribution in [0.2, 0.25) is 0 Å². The zero-order chi connectivity index (χ0) is 13.8. The van der Waals surface area contributed by atoms with Gasteiger partial charge in [0.2, 0.25) is 0 Å². The van der Waals surface area contributed by atoms with Crippen LogP contribution in [0.1, 0.15) is 11.6 Å². The molecule has 0 fully saturated rings. The first-order valence-electron chi connectivity index (χ1n) is 5.79. The third-order valence-electron chi connectivity index (χ3n) is 2.69. The smallest absolute Gasteiger partial charge is 0.168 e. The van der Waals surface area contributed by atoms with Crippen molar-refractivity contribution >= 4 is 0 Å². The van der Waals surface area contributed by atoms with Crippen LogP contribution in [0, 0.1) is 11.6 Å². The molecule has 0 aliphatic rings. The maximum Gasteiger partial charge on any atom is 0.168 e. The van der Waals surface area contributed by atoms with Crippen LogP contribution in [0.4, 0.5) is 8.78 Å². The van der Waals surface area contributed by atoms with Crippen LogP contribution in [0.15, 0.2) is 42.5 Å². The van der Waals surface area contributed by atoms with Crippen molar-refractivity contribution in [2.45, 2.75) is 6.04 Å². The molecule has 0 heterocycles. The summed E-state index contributed by atoms with van der Waals surface area (Å²) in [7, 11) is 0. The van der Waals surface area contributed by atoms with Crippen LogP contribution in [-0.4, -0.2) is 6.54 Å². The van der Waals surface area contributed by atoms with Crippen LogP contribution in [0.5, 0.6) is 11.5 Å². The Labute approximate surface area is 109 Å². The summed E-state index contributed by atoms with van der Waals surface area (Å²) in [5.74, 6) is -1.07. The van der Waals surface area contributed by atoms with Gasteiger partial charge in [0, 0.05) is 24.2 Å². The minimum Gasteiger partial charge on any atom is -0.454 e. The lowest BCUT2D eigenvalue weighted by molar-refractivity contribution is 0.430. The number of hydrogen-bond acceptors (Lipinski definition) is 3. The molecule has 2 rings (SSSR count). The highest BCUT2D eigenvalue weighted by Gasteiger charge is 2.13. The van der Waals surface area contributed by atoms with E-state index in [0.29, 0.717) is 11.3 Å². The molecule has 1 atom stereocenters. The molecule has 0 saturated heterocycles. The van der Waals surface area contributed by atoms with E-state index < -0.39 is 17.7 Å². The van der Waals surface area contributed by atoms with Crippen molar-refractivity contribution in [3.8, 4) is 11.5 Å². The number of nitrogens with two attached hydrogens (primary N) is 2. The molecule has 4 N–H and O–H groups in total. The number of benzene rings is 2. The average molecular weight is 264 g/mol. The standard InChI is InChI=1S/C14H14F2N2O/c15-9-5-6-14(11(16)7-9)19-13-4-2-1-3-10(13)12(18)8-17/h1-7,12H,8,17-18H2. The Bertz CT molecular complexity index is 575. The molecule has 3 nitrogen and oxygen atoms in total. The number of para-hydroxylation sites is 1. The molecule has 0 saturated carbocycles. The van der Waals surface area contributed by atoms with E-state index in [2.05, 4.69) is 0 Å². The van der Waals surface area contributed by atoms with Crippen molar-refractivity contribution < 1.29 is 13.5 Å². The fraction of sp³-hybridized carbons (Fsp3) is 0.143. The number of ether oxygens (including phenoxy) is 1. The molecular weight excluding hydrogens is 250 g/mol. The van der Waals surface area contributed by atoms with Crippen LogP contribution < -0.4 is 16.2 Å². The van der Waals surface area contributed by atoms with E-state index in [0.717, 1.165) is 12.1 Å². The van der Waals surface area contributed by atoms with Gasteiger partial charge in [-0.25, -0.2) is 8.78 Å². The average Bonchev–Trinajstić information content (AvgIpc) is 2.41. The molecule has 0 aliphatic heterocycles. The first kappa shape index (κ1) is 13.5. The summed E-state index contributed by atoms with van der Waals surface area (Å²) in [6.45, 7) is 0.242. The van der Waals surface area contributed by atoms with Crippen molar-refractivity contribution in [1.29, 1.82) is 0 Å². The largest absolute Gasteiger partial charge is 0.454 e. The number of rotatable bonds is 4. The predicted octanol–water partition coefficient (Wildman–Crippen LogP) is 2.72. The monoisotopic (exact) mass is 264 g/mol. The zero-order valence-electron chi connectivity index (χ0n) is 10.1. The van der Waals surface area contributed by atoms with Gasteiger partial charge >= 0.3 is 0 Å². The summed E-state index contributed by atoms with van der Waals surface area (Å²) in [5, 5.41) is 0. The lowest BCUT2D eigenvalue weighted by Gasteiger charge is -2.15. The first-order valence-corrected chi connectivity index (χ1v) is 5.79. The van der Waals surface area contributed by atoms with E-state index in [9.17, 15) is 8.78 Å². The van der Waals surface area contributed by atoms with Crippen molar-refractivity contribution in [2.75, 3.05) is 6.54 Å². The van der Waals surface area contributed by atoms with Crippen LogP contribution in [0.3, 0.4) is 0 Å². The summed E-state index contributed by atoms with van der Waals surface area (Å²) in [6.07, 6.45) is 0. The molecule has 0 amide bonds. The Morgan fingerprint density at radius 1 is 1.05 bits per heavy atom. The molecule has 0 spiro atoms. The second-order valence-electron chi connectivity index (χ2n) is 4.06. The fourth-order valence-electron chi connectivity index (χ4n) is 1.68. The normalized spacial score (nSPS) is 12.2.